The lowest BCUT2D eigenvalue weighted by molar-refractivity contribution is -0.122. The second-order valence-corrected chi connectivity index (χ2v) is 7.31. The summed E-state index contributed by atoms with van der Waals surface area (Å²) in [4.78, 5) is 26.6. The molecule has 1 saturated heterocycles. The molecule has 160 valence electrons. The van der Waals surface area contributed by atoms with Gasteiger partial charge in [-0.15, -0.1) is 0 Å². The highest BCUT2D eigenvalue weighted by atomic mass is 32.1. The van der Waals surface area contributed by atoms with Gasteiger partial charge in [0.2, 0.25) is 0 Å². The van der Waals surface area contributed by atoms with Crippen LogP contribution in [0.25, 0.3) is 6.08 Å². The van der Waals surface area contributed by atoms with Gasteiger partial charge in [0.15, 0.2) is 5.11 Å². The summed E-state index contributed by atoms with van der Waals surface area (Å²) in [6.07, 6.45) is 1.43. The summed E-state index contributed by atoms with van der Waals surface area (Å²) in [7, 11) is 0. The van der Waals surface area contributed by atoms with Gasteiger partial charge in [0, 0.05) is 0 Å². The third-order valence-electron chi connectivity index (χ3n) is 4.67. The van der Waals surface area contributed by atoms with Gasteiger partial charge in [0.1, 0.15) is 29.6 Å². The predicted octanol–water partition coefficient (Wildman–Crippen LogP) is 4.38. The van der Waals surface area contributed by atoms with Crippen molar-refractivity contribution in [2.75, 3.05) is 4.90 Å². The Bertz CT molecular complexity index is 1220. The van der Waals surface area contributed by atoms with Crippen LogP contribution in [0, 0.1) is 11.6 Å². The van der Waals surface area contributed by atoms with Crippen molar-refractivity contribution in [1.29, 1.82) is 0 Å². The number of carbonyl (C=O) groups excluding carboxylic acids is 2. The summed E-state index contributed by atoms with van der Waals surface area (Å²) < 4.78 is 32.0. The van der Waals surface area contributed by atoms with Crippen molar-refractivity contribution in [3.05, 3.63) is 101 Å². The van der Waals surface area contributed by atoms with E-state index < -0.39 is 17.6 Å². The largest absolute Gasteiger partial charge is 0.489 e. The lowest BCUT2D eigenvalue weighted by Crippen LogP contribution is -2.54. The smallest absolute Gasteiger partial charge is 0.270 e. The minimum atomic E-state index is -0.629. The maximum Gasteiger partial charge on any atom is 0.270 e. The standard InChI is InChI=1S/C24H16F2N2O3S/c25-17-6-4-15(5-7-17)14-31-20-3-1-2-16(12-20)13-21-22(29)27-24(32)28(23(21)30)19-10-8-18(26)9-11-19/h1-13H,14H2,(H,27,29,32)/b21-13-. The van der Waals surface area contributed by atoms with Crippen molar-refractivity contribution in [2.45, 2.75) is 6.61 Å². The van der Waals surface area contributed by atoms with E-state index in [1.807, 2.05) is 0 Å². The Morgan fingerprint density at radius 2 is 1.59 bits per heavy atom. The van der Waals surface area contributed by atoms with Gasteiger partial charge in [-0.25, -0.2) is 8.78 Å². The monoisotopic (exact) mass is 450 g/mol. The fourth-order valence-electron chi connectivity index (χ4n) is 3.09. The second-order valence-electron chi connectivity index (χ2n) is 6.92. The molecule has 0 spiro atoms. The van der Waals surface area contributed by atoms with E-state index in [1.165, 1.54) is 42.5 Å². The molecule has 1 N–H and O–H groups in total. The summed E-state index contributed by atoms with van der Waals surface area (Å²) in [5.74, 6) is -1.52. The van der Waals surface area contributed by atoms with Crippen LogP contribution in [0.1, 0.15) is 11.1 Å². The van der Waals surface area contributed by atoms with Gasteiger partial charge in [-0.1, -0.05) is 24.3 Å². The molecule has 8 heteroatoms. The van der Waals surface area contributed by atoms with Crippen LogP contribution >= 0.6 is 12.2 Å². The molecule has 1 fully saturated rings. The number of anilines is 1. The zero-order chi connectivity index (χ0) is 22.7. The van der Waals surface area contributed by atoms with Gasteiger partial charge in [-0.3, -0.25) is 19.8 Å². The van der Waals surface area contributed by atoms with Gasteiger partial charge in [0.05, 0.1) is 5.69 Å². The number of amides is 2. The van der Waals surface area contributed by atoms with E-state index in [0.29, 0.717) is 17.0 Å². The number of carbonyl (C=O) groups is 2. The van der Waals surface area contributed by atoms with Crippen molar-refractivity contribution in [3.63, 3.8) is 0 Å². The second kappa shape index (κ2) is 9.07. The Kier molecular flexibility index (Phi) is 6.04. The molecular weight excluding hydrogens is 434 g/mol. The molecule has 1 aliphatic rings. The highest BCUT2D eigenvalue weighted by Gasteiger charge is 2.34. The number of halogens is 2. The number of hydrogen-bond donors (Lipinski definition) is 1. The number of benzene rings is 3. The number of nitrogens with one attached hydrogen (secondary N) is 1. The minimum Gasteiger partial charge on any atom is -0.489 e. The fourth-order valence-corrected chi connectivity index (χ4v) is 3.37. The molecule has 3 aromatic carbocycles. The molecule has 5 nitrogen and oxygen atoms in total. The van der Waals surface area contributed by atoms with Gasteiger partial charge in [-0.05, 0) is 78.0 Å². The van der Waals surface area contributed by atoms with Crippen LogP contribution in [-0.4, -0.2) is 16.9 Å². The molecule has 4 rings (SSSR count). The van der Waals surface area contributed by atoms with E-state index >= 15 is 0 Å². The third-order valence-corrected chi connectivity index (χ3v) is 4.96. The fraction of sp³-hybridized carbons (Fsp3) is 0.0417. The molecule has 0 radical (unpaired) electrons. The van der Waals surface area contributed by atoms with Crippen molar-refractivity contribution in [3.8, 4) is 5.75 Å². The predicted molar refractivity (Wildman–Crippen MR) is 120 cm³/mol. The lowest BCUT2D eigenvalue weighted by atomic mass is 10.1. The summed E-state index contributed by atoms with van der Waals surface area (Å²) in [6.45, 7) is 0.229. The average Bonchev–Trinajstić information content (AvgIpc) is 2.78. The molecule has 0 saturated carbocycles. The molecule has 1 heterocycles. The van der Waals surface area contributed by atoms with Crippen molar-refractivity contribution >= 4 is 40.9 Å². The van der Waals surface area contributed by atoms with E-state index in [0.717, 1.165) is 10.5 Å². The number of hydrogen-bond acceptors (Lipinski definition) is 4. The number of nitrogens with zero attached hydrogens (tertiary/aromatic N) is 1. The molecule has 0 bridgehead atoms. The van der Waals surface area contributed by atoms with E-state index in [2.05, 4.69) is 5.32 Å². The normalized spacial score (nSPS) is 15.1. The van der Waals surface area contributed by atoms with Crippen molar-refractivity contribution in [1.82, 2.24) is 5.32 Å². The van der Waals surface area contributed by atoms with Gasteiger partial charge in [-0.2, -0.15) is 0 Å². The van der Waals surface area contributed by atoms with Crippen LogP contribution in [0.5, 0.6) is 5.75 Å². The maximum atomic E-state index is 13.3. The van der Waals surface area contributed by atoms with E-state index in [4.69, 9.17) is 17.0 Å². The highest BCUT2D eigenvalue weighted by Crippen LogP contribution is 2.23. The van der Waals surface area contributed by atoms with Gasteiger partial charge >= 0.3 is 0 Å². The first kappa shape index (κ1) is 21.3. The summed E-state index contributed by atoms with van der Waals surface area (Å²) in [5.41, 5.74) is 1.56. The highest BCUT2D eigenvalue weighted by molar-refractivity contribution is 7.80. The molecule has 2 amide bonds. The SMILES string of the molecule is O=C1NC(=S)N(c2ccc(F)cc2)C(=O)/C1=C\c1cccc(OCc2ccc(F)cc2)c1. The third kappa shape index (κ3) is 4.70. The first-order valence-electron chi connectivity index (χ1n) is 9.55. The quantitative estimate of drug-likeness (QED) is 0.356. The Balaban J connectivity index is 1.56. The summed E-state index contributed by atoms with van der Waals surface area (Å²) >= 11 is 5.13. The Morgan fingerprint density at radius 1 is 0.938 bits per heavy atom. The molecule has 32 heavy (non-hydrogen) atoms. The van der Waals surface area contributed by atoms with E-state index in [1.54, 1.807) is 36.4 Å². The van der Waals surface area contributed by atoms with Crippen LogP contribution in [0.2, 0.25) is 0 Å². The van der Waals surface area contributed by atoms with Crippen LogP contribution < -0.4 is 15.0 Å². The van der Waals surface area contributed by atoms with Crippen LogP contribution in [0.4, 0.5) is 14.5 Å². The topological polar surface area (TPSA) is 58.6 Å². The molecule has 1 aliphatic heterocycles. The first-order valence-corrected chi connectivity index (χ1v) is 9.96. The minimum absolute atomic E-state index is 0.0832. The van der Waals surface area contributed by atoms with E-state index in [9.17, 15) is 18.4 Å². The Hall–Kier alpha value is -3.91. The molecule has 0 aliphatic carbocycles. The van der Waals surface area contributed by atoms with Gasteiger partial charge in [0.25, 0.3) is 11.8 Å². The Morgan fingerprint density at radius 3 is 2.28 bits per heavy atom. The van der Waals surface area contributed by atoms with Crippen molar-refractivity contribution in [2.24, 2.45) is 0 Å². The summed E-state index contributed by atoms with van der Waals surface area (Å²) in [5, 5.41) is 2.40. The average molecular weight is 450 g/mol. The first-order chi connectivity index (χ1) is 15.4. The Labute approximate surface area is 187 Å². The lowest BCUT2D eigenvalue weighted by Gasteiger charge is -2.28. The molecule has 0 unspecified atom stereocenters. The van der Waals surface area contributed by atoms with E-state index in [-0.39, 0.29) is 23.1 Å². The molecule has 0 atom stereocenters. The molecule has 0 aromatic heterocycles. The van der Waals surface area contributed by atoms with Crippen LogP contribution in [-0.2, 0) is 16.2 Å². The summed E-state index contributed by atoms with van der Waals surface area (Å²) in [6, 6.07) is 18.0. The zero-order valence-electron chi connectivity index (χ0n) is 16.5. The van der Waals surface area contributed by atoms with Gasteiger partial charge < -0.3 is 4.74 Å². The number of ether oxygens (including phenoxy) is 1. The maximum absolute atomic E-state index is 13.3. The van der Waals surface area contributed by atoms with Crippen LogP contribution in [0.15, 0.2) is 78.4 Å². The molecular formula is C24H16F2N2O3S. The number of thiocarbonyl (C=S) groups is 1. The zero-order valence-corrected chi connectivity index (χ0v) is 17.4. The number of rotatable bonds is 5. The van der Waals surface area contributed by atoms with Crippen molar-refractivity contribution < 1.29 is 23.1 Å². The van der Waals surface area contributed by atoms with Crippen LogP contribution in [0.3, 0.4) is 0 Å². The molecule has 3 aromatic rings.